The summed E-state index contributed by atoms with van der Waals surface area (Å²) in [5.41, 5.74) is 2.13. The minimum atomic E-state index is -0.396. The van der Waals surface area contributed by atoms with E-state index in [4.69, 9.17) is 0 Å². The van der Waals surface area contributed by atoms with E-state index in [1.165, 1.54) is 0 Å². The second-order valence-corrected chi connectivity index (χ2v) is 4.25. The Morgan fingerprint density at radius 2 is 1.94 bits per heavy atom. The molecule has 0 aliphatic rings. The van der Waals surface area contributed by atoms with E-state index in [1.807, 2.05) is 48.7 Å². The number of aliphatic hydroxyl groups excluding tert-OH is 1. The molecule has 3 heteroatoms. The van der Waals surface area contributed by atoms with Crippen molar-refractivity contribution >= 4 is 0 Å². The third-order valence-corrected chi connectivity index (χ3v) is 2.83. The van der Waals surface area contributed by atoms with Crippen LogP contribution in [0.5, 0.6) is 0 Å². The van der Waals surface area contributed by atoms with Crippen molar-refractivity contribution < 1.29 is 5.11 Å². The lowest BCUT2D eigenvalue weighted by atomic mass is 10.1. The first-order chi connectivity index (χ1) is 8.86. The monoisotopic (exact) mass is 242 g/mol. The Morgan fingerprint density at radius 3 is 2.67 bits per heavy atom. The summed E-state index contributed by atoms with van der Waals surface area (Å²) >= 11 is 0. The predicted molar refractivity (Wildman–Crippen MR) is 72.0 cm³/mol. The summed E-state index contributed by atoms with van der Waals surface area (Å²) < 4.78 is 0. The van der Waals surface area contributed by atoms with Gasteiger partial charge in [0.1, 0.15) is 0 Å². The molecule has 2 N–H and O–H groups in total. The Labute approximate surface area is 108 Å². The number of aliphatic hydroxyl groups is 1. The smallest absolute Gasteiger partial charge is 0.0802 e. The third-order valence-electron chi connectivity index (χ3n) is 2.83. The maximum absolute atomic E-state index is 9.97. The average Bonchev–Trinajstić information content (AvgIpc) is 2.45. The van der Waals surface area contributed by atoms with E-state index < -0.39 is 6.10 Å². The lowest BCUT2D eigenvalue weighted by molar-refractivity contribution is 0.167. The lowest BCUT2D eigenvalue weighted by Gasteiger charge is -2.11. The molecule has 2 rings (SSSR count). The number of rotatable bonds is 6. The van der Waals surface area contributed by atoms with Gasteiger partial charge in [-0.15, -0.1) is 0 Å². The Balaban J connectivity index is 1.70. The van der Waals surface area contributed by atoms with Crippen LogP contribution in [0.3, 0.4) is 0 Å². The van der Waals surface area contributed by atoms with Crippen molar-refractivity contribution in [1.82, 2.24) is 10.3 Å². The van der Waals surface area contributed by atoms with Gasteiger partial charge in [-0.05, 0) is 30.2 Å². The Morgan fingerprint density at radius 1 is 1.11 bits per heavy atom. The highest BCUT2D eigenvalue weighted by Crippen LogP contribution is 2.14. The first kappa shape index (κ1) is 12.7. The summed E-state index contributed by atoms with van der Waals surface area (Å²) in [7, 11) is 0. The van der Waals surface area contributed by atoms with Crippen molar-refractivity contribution in [2.45, 2.75) is 19.1 Å². The van der Waals surface area contributed by atoms with Gasteiger partial charge < -0.3 is 10.4 Å². The van der Waals surface area contributed by atoms with E-state index >= 15 is 0 Å². The summed E-state index contributed by atoms with van der Waals surface area (Å²) in [6.07, 6.45) is 3.93. The molecule has 3 nitrogen and oxygen atoms in total. The largest absolute Gasteiger partial charge is 0.388 e. The minimum Gasteiger partial charge on any atom is -0.388 e. The number of pyridine rings is 1. The Bertz CT molecular complexity index is 445. The number of hydrogen-bond donors (Lipinski definition) is 2. The SMILES string of the molecule is OC(CCNCc1cccnc1)c1ccccc1. The molecule has 0 saturated heterocycles. The molecule has 0 spiro atoms. The zero-order valence-corrected chi connectivity index (χ0v) is 10.3. The van der Waals surface area contributed by atoms with E-state index in [-0.39, 0.29) is 0 Å². The Kier molecular flexibility index (Phi) is 4.88. The molecule has 1 atom stereocenters. The van der Waals surface area contributed by atoms with E-state index in [1.54, 1.807) is 6.20 Å². The number of hydrogen-bond acceptors (Lipinski definition) is 3. The van der Waals surface area contributed by atoms with E-state index in [2.05, 4.69) is 10.3 Å². The van der Waals surface area contributed by atoms with E-state index in [0.29, 0.717) is 6.42 Å². The van der Waals surface area contributed by atoms with Gasteiger partial charge in [-0.3, -0.25) is 4.98 Å². The number of aromatic nitrogens is 1. The lowest BCUT2D eigenvalue weighted by Crippen LogP contribution is -2.17. The van der Waals surface area contributed by atoms with Crippen molar-refractivity contribution in [3.8, 4) is 0 Å². The van der Waals surface area contributed by atoms with Gasteiger partial charge in [-0.2, -0.15) is 0 Å². The summed E-state index contributed by atoms with van der Waals surface area (Å²) in [6.45, 7) is 1.57. The zero-order valence-electron chi connectivity index (χ0n) is 10.3. The number of benzene rings is 1. The summed E-state index contributed by atoms with van der Waals surface area (Å²) in [5, 5.41) is 13.3. The first-order valence-electron chi connectivity index (χ1n) is 6.19. The molecular formula is C15H18N2O. The van der Waals surface area contributed by atoms with Crippen LogP contribution in [0, 0.1) is 0 Å². The molecule has 0 aliphatic carbocycles. The Hall–Kier alpha value is -1.71. The maximum Gasteiger partial charge on any atom is 0.0802 e. The highest BCUT2D eigenvalue weighted by Gasteiger charge is 2.05. The van der Waals surface area contributed by atoms with Crippen molar-refractivity contribution in [3.63, 3.8) is 0 Å². The van der Waals surface area contributed by atoms with Crippen molar-refractivity contribution in [2.24, 2.45) is 0 Å². The molecule has 0 radical (unpaired) electrons. The standard InChI is InChI=1S/C15H18N2O/c18-15(14-6-2-1-3-7-14)8-10-17-12-13-5-4-9-16-11-13/h1-7,9,11,15,17-18H,8,10,12H2. The highest BCUT2D eigenvalue weighted by molar-refractivity contribution is 5.17. The van der Waals surface area contributed by atoms with Gasteiger partial charge in [-0.1, -0.05) is 36.4 Å². The predicted octanol–water partition coefficient (Wildman–Crippen LogP) is 2.29. The van der Waals surface area contributed by atoms with Gasteiger partial charge in [0.25, 0.3) is 0 Å². The molecule has 0 amide bonds. The molecule has 1 unspecified atom stereocenters. The molecule has 0 saturated carbocycles. The summed E-state index contributed by atoms with van der Waals surface area (Å²) in [4.78, 5) is 4.06. The second kappa shape index (κ2) is 6.89. The quantitative estimate of drug-likeness (QED) is 0.764. The second-order valence-electron chi connectivity index (χ2n) is 4.25. The molecule has 0 fully saturated rings. The van der Waals surface area contributed by atoms with Gasteiger partial charge in [0.05, 0.1) is 6.10 Å². The fraction of sp³-hybridized carbons (Fsp3) is 0.267. The van der Waals surface area contributed by atoms with Crippen molar-refractivity contribution in [3.05, 3.63) is 66.0 Å². The van der Waals surface area contributed by atoms with Crippen molar-refractivity contribution in [2.75, 3.05) is 6.54 Å². The molecule has 2 aromatic rings. The summed E-state index contributed by atoms with van der Waals surface area (Å²) in [6, 6.07) is 13.7. The molecular weight excluding hydrogens is 224 g/mol. The molecule has 94 valence electrons. The highest BCUT2D eigenvalue weighted by atomic mass is 16.3. The van der Waals surface area contributed by atoms with Crippen LogP contribution in [0.25, 0.3) is 0 Å². The van der Waals surface area contributed by atoms with Crippen LogP contribution in [-0.2, 0) is 6.54 Å². The van der Waals surface area contributed by atoms with Crippen molar-refractivity contribution in [1.29, 1.82) is 0 Å². The van der Waals surface area contributed by atoms with Crippen LogP contribution in [0.15, 0.2) is 54.9 Å². The normalized spacial score (nSPS) is 12.3. The fourth-order valence-corrected chi connectivity index (χ4v) is 1.82. The molecule has 1 aromatic carbocycles. The molecule has 1 heterocycles. The van der Waals surface area contributed by atoms with Gasteiger partial charge >= 0.3 is 0 Å². The maximum atomic E-state index is 9.97. The first-order valence-corrected chi connectivity index (χ1v) is 6.19. The van der Waals surface area contributed by atoms with Gasteiger partial charge in [0.15, 0.2) is 0 Å². The summed E-state index contributed by atoms with van der Waals surface area (Å²) in [5.74, 6) is 0. The molecule has 18 heavy (non-hydrogen) atoms. The molecule has 0 aliphatic heterocycles. The average molecular weight is 242 g/mol. The number of nitrogens with one attached hydrogen (secondary N) is 1. The van der Waals surface area contributed by atoms with E-state index in [0.717, 1.165) is 24.2 Å². The van der Waals surface area contributed by atoms with E-state index in [9.17, 15) is 5.11 Å². The third kappa shape index (κ3) is 3.95. The van der Waals surface area contributed by atoms with Gasteiger partial charge in [-0.25, -0.2) is 0 Å². The fourth-order valence-electron chi connectivity index (χ4n) is 1.82. The van der Waals surface area contributed by atoms with Gasteiger partial charge in [0, 0.05) is 18.9 Å². The van der Waals surface area contributed by atoms with Crippen LogP contribution in [0.1, 0.15) is 23.7 Å². The van der Waals surface area contributed by atoms with Crippen LogP contribution in [-0.4, -0.2) is 16.6 Å². The van der Waals surface area contributed by atoms with Crippen LogP contribution < -0.4 is 5.32 Å². The van der Waals surface area contributed by atoms with Crippen LogP contribution >= 0.6 is 0 Å². The van der Waals surface area contributed by atoms with Gasteiger partial charge in [0.2, 0.25) is 0 Å². The minimum absolute atomic E-state index is 0.396. The zero-order chi connectivity index (χ0) is 12.6. The molecule has 0 bridgehead atoms. The van der Waals surface area contributed by atoms with Crippen LogP contribution in [0.2, 0.25) is 0 Å². The van der Waals surface area contributed by atoms with Crippen LogP contribution in [0.4, 0.5) is 0 Å². The molecule has 1 aromatic heterocycles. The number of nitrogens with zero attached hydrogens (tertiary/aromatic N) is 1. The topological polar surface area (TPSA) is 45.1 Å².